The molecule has 0 radical (unpaired) electrons. The van der Waals surface area contributed by atoms with Gasteiger partial charge < -0.3 is 10.4 Å². The van der Waals surface area contributed by atoms with Crippen molar-refractivity contribution >= 4 is 17.6 Å². The van der Waals surface area contributed by atoms with E-state index in [0.717, 1.165) is 5.56 Å². The number of aliphatic carboxylic acids is 1. The van der Waals surface area contributed by atoms with E-state index in [1.165, 1.54) is 0 Å². The molecule has 1 rings (SSSR count). The van der Waals surface area contributed by atoms with Crippen LogP contribution in [0.3, 0.4) is 0 Å². The van der Waals surface area contributed by atoms with Gasteiger partial charge in [-0.1, -0.05) is 0 Å². The number of rotatable bonds is 6. The van der Waals surface area contributed by atoms with E-state index in [9.17, 15) is 9.90 Å². The number of hydrogen-bond acceptors (Lipinski definition) is 3. The third kappa shape index (κ3) is 3.93. The molecule has 0 aliphatic carbocycles. The van der Waals surface area contributed by atoms with Gasteiger partial charge in [-0.25, -0.2) is 0 Å². The first-order chi connectivity index (χ1) is 9.06. The highest BCUT2D eigenvalue weighted by molar-refractivity contribution is 6.24. The summed E-state index contributed by atoms with van der Waals surface area (Å²) in [7, 11) is 0. The Labute approximate surface area is 125 Å². The molecule has 0 aliphatic rings. The van der Waals surface area contributed by atoms with Gasteiger partial charge in [0.1, 0.15) is 0 Å². The molecule has 1 heterocycles. The molecule has 112 valence electrons. The highest BCUT2D eigenvalue weighted by Crippen LogP contribution is 2.33. The van der Waals surface area contributed by atoms with Crippen molar-refractivity contribution in [1.82, 2.24) is 10.3 Å². The van der Waals surface area contributed by atoms with Gasteiger partial charge in [0.2, 0.25) is 0 Å². The van der Waals surface area contributed by atoms with Crippen molar-refractivity contribution in [2.45, 2.75) is 51.6 Å². The fourth-order valence-corrected chi connectivity index (χ4v) is 2.08. The van der Waals surface area contributed by atoms with Crippen LogP contribution in [0.1, 0.15) is 46.2 Å². The Balaban J connectivity index is 3.02. The summed E-state index contributed by atoms with van der Waals surface area (Å²) in [5.41, 5.74) is 0.112. The number of carboxylic acids is 1. The smallest absolute Gasteiger partial charge is 0.310 e. The summed E-state index contributed by atoms with van der Waals surface area (Å²) in [5, 5.41) is 12.7. The molecular formula is C15H23ClN2O2. The maximum absolute atomic E-state index is 11.3. The number of nitrogens with zero attached hydrogens (tertiary/aromatic N) is 1. The first-order valence-corrected chi connectivity index (χ1v) is 7.03. The number of halogens is 1. The normalized spacial score (nSPS) is 15.7. The van der Waals surface area contributed by atoms with Gasteiger partial charge >= 0.3 is 5.97 Å². The van der Waals surface area contributed by atoms with Crippen molar-refractivity contribution < 1.29 is 9.90 Å². The van der Waals surface area contributed by atoms with Gasteiger partial charge in [-0.3, -0.25) is 9.78 Å². The monoisotopic (exact) mass is 298 g/mol. The molecule has 20 heavy (non-hydrogen) atoms. The van der Waals surface area contributed by atoms with Crippen LogP contribution in [0.5, 0.6) is 0 Å². The standard InChI is InChI=1S/C15H23ClN2O2/c1-10(14(2,3)13(19)20)18-12(15(4,5)16)11-6-8-17-9-7-11/h6-10,12,18H,1-5H3,(H,19,20). The van der Waals surface area contributed by atoms with Crippen LogP contribution in [0.4, 0.5) is 0 Å². The second-order valence-electron chi connectivity index (χ2n) is 6.19. The molecule has 2 unspecified atom stereocenters. The Bertz CT molecular complexity index is 455. The zero-order valence-electron chi connectivity index (χ0n) is 12.6. The van der Waals surface area contributed by atoms with E-state index in [4.69, 9.17) is 11.6 Å². The van der Waals surface area contributed by atoms with Crippen LogP contribution < -0.4 is 5.32 Å². The van der Waals surface area contributed by atoms with Crippen molar-refractivity contribution in [2.75, 3.05) is 0 Å². The SMILES string of the molecule is CC(NC(c1ccncc1)C(C)(C)Cl)C(C)(C)C(=O)O. The quantitative estimate of drug-likeness (QED) is 0.792. The number of aromatic nitrogens is 1. The Morgan fingerprint density at radius 2 is 1.80 bits per heavy atom. The Morgan fingerprint density at radius 3 is 2.20 bits per heavy atom. The van der Waals surface area contributed by atoms with Crippen LogP contribution in [-0.4, -0.2) is 27.0 Å². The topological polar surface area (TPSA) is 62.2 Å². The van der Waals surface area contributed by atoms with E-state index in [2.05, 4.69) is 10.3 Å². The van der Waals surface area contributed by atoms with E-state index in [1.54, 1.807) is 26.2 Å². The largest absolute Gasteiger partial charge is 0.481 e. The van der Waals surface area contributed by atoms with Gasteiger partial charge in [-0.15, -0.1) is 11.6 Å². The first-order valence-electron chi connectivity index (χ1n) is 6.65. The molecule has 1 aromatic rings. The van der Waals surface area contributed by atoms with Gasteiger partial charge in [-0.2, -0.15) is 0 Å². The second kappa shape index (κ2) is 6.10. The van der Waals surface area contributed by atoms with Crippen LogP contribution in [0.15, 0.2) is 24.5 Å². The molecule has 4 nitrogen and oxygen atoms in total. The molecule has 0 aliphatic heterocycles. The second-order valence-corrected chi connectivity index (χ2v) is 7.17. The predicted molar refractivity (Wildman–Crippen MR) is 80.9 cm³/mol. The molecule has 2 atom stereocenters. The first kappa shape index (κ1) is 16.9. The number of hydrogen-bond donors (Lipinski definition) is 2. The molecule has 0 saturated carbocycles. The zero-order valence-corrected chi connectivity index (χ0v) is 13.4. The lowest BCUT2D eigenvalue weighted by Gasteiger charge is -2.37. The van der Waals surface area contributed by atoms with Gasteiger partial charge in [0.15, 0.2) is 0 Å². The van der Waals surface area contributed by atoms with Crippen LogP contribution in [0.2, 0.25) is 0 Å². The Hall–Kier alpha value is -1.13. The molecule has 0 spiro atoms. The van der Waals surface area contributed by atoms with Gasteiger partial charge in [0, 0.05) is 18.4 Å². The number of pyridine rings is 1. The fourth-order valence-electron chi connectivity index (χ4n) is 1.89. The van der Waals surface area contributed by atoms with E-state index >= 15 is 0 Å². The minimum Gasteiger partial charge on any atom is -0.481 e. The molecule has 1 aromatic heterocycles. The fraction of sp³-hybridized carbons (Fsp3) is 0.600. The van der Waals surface area contributed by atoms with Crippen molar-refractivity contribution in [2.24, 2.45) is 5.41 Å². The highest BCUT2D eigenvalue weighted by Gasteiger charge is 2.38. The van der Waals surface area contributed by atoms with Crippen molar-refractivity contribution in [3.63, 3.8) is 0 Å². The summed E-state index contributed by atoms with van der Waals surface area (Å²) in [6.45, 7) is 9.10. The average molecular weight is 299 g/mol. The molecule has 2 N–H and O–H groups in total. The van der Waals surface area contributed by atoms with E-state index in [-0.39, 0.29) is 12.1 Å². The number of nitrogens with one attached hydrogen (secondary N) is 1. The molecule has 0 bridgehead atoms. The summed E-state index contributed by atoms with van der Waals surface area (Å²) in [6.07, 6.45) is 3.42. The lowest BCUT2D eigenvalue weighted by atomic mass is 9.83. The predicted octanol–water partition coefficient (Wildman–Crippen LogP) is 3.23. The van der Waals surface area contributed by atoms with Crippen molar-refractivity contribution in [3.05, 3.63) is 30.1 Å². The molecule has 5 heteroatoms. The number of carboxylic acid groups (broad SMARTS) is 1. The maximum Gasteiger partial charge on any atom is 0.310 e. The summed E-state index contributed by atoms with van der Waals surface area (Å²) in [6, 6.07) is 3.38. The molecule has 0 fully saturated rings. The van der Waals surface area contributed by atoms with Crippen LogP contribution >= 0.6 is 11.6 Å². The molecular weight excluding hydrogens is 276 g/mol. The molecule has 0 amide bonds. The third-order valence-corrected chi connectivity index (χ3v) is 3.99. The average Bonchev–Trinajstić information content (AvgIpc) is 2.34. The maximum atomic E-state index is 11.3. The molecule has 0 aromatic carbocycles. The third-order valence-electron chi connectivity index (χ3n) is 3.78. The van der Waals surface area contributed by atoms with Crippen LogP contribution in [-0.2, 0) is 4.79 Å². The van der Waals surface area contributed by atoms with Crippen molar-refractivity contribution in [3.8, 4) is 0 Å². The van der Waals surface area contributed by atoms with E-state index in [0.29, 0.717) is 0 Å². The van der Waals surface area contributed by atoms with Gasteiger partial charge in [0.25, 0.3) is 0 Å². The lowest BCUT2D eigenvalue weighted by Crippen LogP contribution is -2.49. The Kier molecular flexibility index (Phi) is 5.16. The lowest BCUT2D eigenvalue weighted by molar-refractivity contribution is -0.148. The number of alkyl halides is 1. The summed E-state index contributed by atoms with van der Waals surface area (Å²) < 4.78 is 0. The Morgan fingerprint density at radius 1 is 1.30 bits per heavy atom. The van der Waals surface area contributed by atoms with E-state index in [1.807, 2.05) is 32.9 Å². The molecule has 0 saturated heterocycles. The zero-order chi connectivity index (χ0) is 15.6. The summed E-state index contributed by atoms with van der Waals surface area (Å²) in [4.78, 5) is 14.8. The van der Waals surface area contributed by atoms with Crippen LogP contribution in [0.25, 0.3) is 0 Å². The minimum atomic E-state index is -0.882. The van der Waals surface area contributed by atoms with Crippen molar-refractivity contribution in [1.29, 1.82) is 0 Å². The van der Waals surface area contributed by atoms with Gasteiger partial charge in [0.05, 0.1) is 16.3 Å². The summed E-state index contributed by atoms with van der Waals surface area (Å²) in [5.74, 6) is -0.835. The minimum absolute atomic E-state index is 0.166. The van der Waals surface area contributed by atoms with E-state index < -0.39 is 16.3 Å². The number of carbonyl (C=O) groups is 1. The van der Waals surface area contributed by atoms with Gasteiger partial charge in [-0.05, 0) is 52.3 Å². The van der Waals surface area contributed by atoms with Crippen LogP contribution in [0, 0.1) is 5.41 Å². The summed E-state index contributed by atoms with van der Waals surface area (Å²) >= 11 is 6.48. The highest BCUT2D eigenvalue weighted by atomic mass is 35.5.